The summed E-state index contributed by atoms with van der Waals surface area (Å²) in [4.78, 5) is 12.1. The Labute approximate surface area is 127 Å². The SMILES string of the molecule is Cc1cccc2c1C(=CNc1ccc3c(c1)OCO3)C(=O)N2. The van der Waals surface area contributed by atoms with Crippen LogP contribution in [0.25, 0.3) is 5.57 Å². The number of ether oxygens (including phenoxy) is 2. The molecule has 0 atom stereocenters. The third-order valence-corrected chi connectivity index (χ3v) is 3.79. The highest BCUT2D eigenvalue weighted by Gasteiger charge is 2.25. The molecule has 0 unspecified atom stereocenters. The molecule has 0 saturated heterocycles. The number of rotatable bonds is 2. The predicted molar refractivity (Wildman–Crippen MR) is 84.0 cm³/mol. The highest BCUT2D eigenvalue weighted by molar-refractivity contribution is 6.32. The van der Waals surface area contributed by atoms with Crippen molar-refractivity contribution < 1.29 is 14.3 Å². The van der Waals surface area contributed by atoms with Gasteiger partial charge in [0.1, 0.15) is 0 Å². The summed E-state index contributed by atoms with van der Waals surface area (Å²) in [5, 5.41) is 6.03. The Morgan fingerprint density at radius 2 is 2.05 bits per heavy atom. The molecular formula is C17H14N2O3. The molecule has 2 aromatic carbocycles. The Morgan fingerprint density at radius 1 is 1.18 bits per heavy atom. The molecule has 0 bridgehead atoms. The zero-order chi connectivity index (χ0) is 15.1. The maximum atomic E-state index is 12.1. The van der Waals surface area contributed by atoms with E-state index in [2.05, 4.69) is 10.6 Å². The highest BCUT2D eigenvalue weighted by atomic mass is 16.7. The van der Waals surface area contributed by atoms with Crippen molar-refractivity contribution in [1.29, 1.82) is 0 Å². The van der Waals surface area contributed by atoms with E-state index < -0.39 is 0 Å². The average Bonchev–Trinajstić information content (AvgIpc) is 3.09. The summed E-state index contributed by atoms with van der Waals surface area (Å²) in [6.07, 6.45) is 1.73. The van der Waals surface area contributed by atoms with Crippen molar-refractivity contribution in [3.8, 4) is 11.5 Å². The van der Waals surface area contributed by atoms with Gasteiger partial charge in [-0.1, -0.05) is 12.1 Å². The molecule has 0 saturated carbocycles. The predicted octanol–water partition coefficient (Wildman–Crippen LogP) is 3.13. The standard InChI is InChI=1S/C17H14N2O3/c1-10-3-2-4-13-16(10)12(17(20)19-13)8-18-11-5-6-14-15(7-11)22-9-21-14/h2-8,18H,9H2,1H3,(H,19,20). The lowest BCUT2D eigenvalue weighted by Crippen LogP contribution is -2.05. The van der Waals surface area contributed by atoms with Gasteiger partial charge in [0.05, 0.1) is 5.57 Å². The first kappa shape index (κ1) is 12.8. The molecule has 5 nitrogen and oxygen atoms in total. The quantitative estimate of drug-likeness (QED) is 0.835. The summed E-state index contributed by atoms with van der Waals surface area (Å²) in [5.74, 6) is 1.34. The molecule has 2 aliphatic rings. The van der Waals surface area contributed by atoms with E-state index in [1.54, 1.807) is 6.20 Å². The monoisotopic (exact) mass is 294 g/mol. The molecule has 0 spiro atoms. The number of fused-ring (bicyclic) bond motifs is 2. The lowest BCUT2D eigenvalue weighted by molar-refractivity contribution is -0.110. The van der Waals surface area contributed by atoms with Gasteiger partial charge in [-0.15, -0.1) is 0 Å². The average molecular weight is 294 g/mol. The molecule has 4 rings (SSSR count). The summed E-state index contributed by atoms with van der Waals surface area (Å²) in [6, 6.07) is 11.4. The van der Waals surface area contributed by atoms with Gasteiger partial charge in [-0.2, -0.15) is 0 Å². The second-order valence-electron chi connectivity index (χ2n) is 5.22. The van der Waals surface area contributed by atoms with E-state index in [4.69, 9.17) is 9.47 Å². The van der Waals surface area contributed by atoms with E-state index in [1.807, 2.05) is 43.3 Å². The van der Waals surface area contributed by atoms with Crippen LogP contribution in [0.3, 0.4) is 0 Å². The molecule has 0 fully saturated rings. The first-order valence-electron chi connectivity index (χ1n) is 7.00. The van der Waals surface area contributed by atoms with Gasteiger partial charge in [0, 0.05) is 29.2 Å². The molecular weight excluding hydrogens is 280 g/mol. The van der Waals surface area contributed by atoms with Gasteiger partial charge in [0.25, 0.3) is 5.91 Å². The number of carbonyl (C=O) groups excluding carboxylic acids is 1. The largest absolute Gasteiger partial charge is 0.454 e. The second-order valence-corrected chi connectivity index (χ2v) is 5.22. The van der Waals surface area contributed by atoms with Gasteiger partial charge >= 0.3 is 0 Å². The van der Waals surface area contributed by atoms with Crippen molar-refractivity contribution in [2.24, 2.45) is 0 Å². The molecule has 5 heteroatoms. The lowest BCUT2D eigenvalue weighted by atomic mass is 10.0. The summed E-state index contributed by atoms with van der Waals surface area (Å²) < 4.78 is 10.6. The molecule has 2 aliphatic heterocycles. The van der Waals surface area contributed by atoms with Gasteiger partial charge in [0.15, 0.2) is 11.5 Å². The minimum absolute atomic E-state index is 0.0995. The Bertz CT molecular complexity index is 812. The van der Waals surface area contributed by atoms with Gasteiger partial charge < -0.3 is 20.1 Å². The van der Waals surface area contributed by atoms with Crippen LogP contribution >= 0.6 is 0 Å². The van der Waals surface area contributed by atoms with Crippen molar-refractivity contribution in [3.05, 3.63) is 53.7 Å². The molecule has 2 N–H and O–H groups in total. The molecule has 1 amide bonds. The van der Waals surface area contributed by atoms with E-state index >= 15 is 0 Å². The van der Waals surface area contributed by atoms with Gasteiger partial charge in [0.2, 0.25) is 6.79 Å². The maximum Gasteiger partial charge on any atom is 0.257 e. The third-order valence-electron chi connectivity index (χ3n) is 3.79. The smallest absolute Gasteiger partial charge is 0.257 e. The summed E-state index contributed by atoms with van der Waals surface area (Å²) in [6.45, 7) is 2.24. The fraction of sp³-hybridized carbons (Fsp3) is 0.118. The van der Waals surface area contributed by atoms with Crippen molar-refractivity contribution in [2.75, 3.05) is 17.4 Å². The van der Waals surface area contributed by atoms with Crippen LogP contribution in [0.15, 0.2) is 42.6 Å². The molecule has 110 valence electrons. The van der Waals surface area contributed by atoms with Crippen LogP contribution in [0.1, 0.15) is 11.1 Å². The number of hydrogen-bond donors (Lipinski definition) is 2. The Kier molecular flexibility index (Phi) is 2.79. The minimum Gasteiger partial charge on any atom is -0.454 e. The zero-order valence-electron chi connectivity index (χ0n) is 12.0. The van der Waals surface area contributed by atoms with Crippen LogP contribution in [0.5, 0.6) is 11.5 Å². The van der Waals surface area contributed by atoms with Crippen LogP contribution in [0.4, 0.5) is 11.4 Å². The van der Waals surface area contributed by atoms with Crippen LogP contribution < -0.4 is 20.1 Å². The third kappa shape index (κ3) is 1.98. The van der Waals surface area contributed by atoms with E-state index in [0.717, 1.165) is 28.3 Å². The molecule has 0 aromatic heterocycles. The van der Waals surface area contributed by atoms with E-state index in [1.165, 1.54) is 0 Å². The number of carbonyl (C=O) groups is 1. The summed E-state index contributed by atoms with van der Waals surface area (Å²) in [7, 11) is 0. The van der Waals surface area contributed by atoms with Gasteiger partial charge in [-0.05, 0) is 30.7 Å². The number of aryl methyl sites for hydroxylation is 1. The van der Waals surface area contributed by atoms with E-state index in [9.17, 15) is 4.79 Å². The van der Waals surface area contributed by atoms with Crippen molar-refractivity contribution in [1.82, 2.24) is 0 Å². The van der Waals surface area contributed by atoms with Crippen molar-refractivity contribution in [2.45, 2.75) is 6.92 Å². The summed E-state index contributed by atoms with van der Waals surface area (Å²) >= 11 is 0. The fourth-order valence-electron chi connectivity index (χ4n) is 2.71. The minimum atomic E-state index is -0.0995. The first-order valence-corrected chi connectivity index (χ1v) is 7.00. The fourth-order valence-corrected chi connectivity index (χ4v) is 2.71. The zero-order valence-corrected chi connectivity index (χ0v) is 12.0. The summed E-state index contributed by atoms with van der Waals surface area (Å²) in [5.41, 5.74) is 4.33. The number of benzene rings is 2. The topological polar surface area (TPSA) is 59.6 Å². The number of nitrogens with one attached hydrogen (secondary N) is 2. The van der Waals surface area contributed by atoms with Crippen LogP contribution in [0.2, 0.25) is 0 Å². The van der Waals surface area contributed by atoms with E-state index in [-0.39, 0.29) is 12.7 Å². The molecule has 0 radical (unpaired) electrons. The van der Waals surface area contributed by atoms with Gasteiger partial charge in [-0.3, -0.25) is 4.79 Å². The number of anilines is 2. The second kappa shape index (κ2) is 4.80. The van der Waals surface area contributed by atoms with Crippen LogP contribution in [-0.2, 0) is 4.79 Å². The Balaban J connectivity index is 1.66. The van der Waals surface area contributed by atoms with Crippen molar-refractivity contribution in [3.63, 3.8) is 0 Å². The van der Waals surface area contributed by atoms with Crippen LogP contribution in [0, 0.1) is 6.92 Å². The highest BCUT2D eigenvalue weighted by Crippen LogP contribution is 2.36. The van der Waals surface area contributed by atoms with Crippen LogP contribution in [-0.4, -0.2) is 12.7 Å². The van der Waals surface area contributed by atoms with Gasteiger partial charge in [-0.25, -0.2) is 0 Å². The molecule has 2 aromatic rings. The maximum absolute atomic E-state index is 12.1. The molecule has 2 heterocycles. The number of amides is 1. The lowest BCUT2D eigenvalue weighted by Gasteiger charge is -2.05. The first-order chi connectivity index (χ1) is 10.7. The Morgan fingerprint density at radius 3 is 2.95 bits per heavy atom. The molecule has 22 heavy (non-hydrogen) atoms. The normalized spacial score (nSPS) is 16.6. The molecule has 0 aliphatic carbocycles. The van der Waals surface area contributed by atoms with Crippen molar-refractivity contribution >= 4 is 22.9 Å². The van der Waals surface area contributed by atoms with E-state index in [0.29, 0.717) is 11.3 Å². The Hall–Kier alpha value is -2.95. The number of hydrogen-bond acceptors (Lipinski definition) is 4.